The summed E-state index contributed by atoms with van der Waals surface area (Å²) in [7, 11) is 2.93. The van der Waals surface area contributed by atoms with Crippen molar-refractivity contribution < 1.29 is 24.2 Å². The lowest BCUT2D eigenvalue weighted by Crippen LogP contribution is -2.46. The van der Waals surface area contributed by atoms with Gasteiger partial charge in [-0.3, -0.25) is 0 Å². The van der Waals surface area contributed by atoms with E-state index >= 15 is 0 Å². The van der Waals surface area contributed by atoms with Gasteiger partial charge in [-0.15, -0.1) is 0 Å². The molecule has 2 amide bonds. The predicted octanol–water partition coefficient (Wildman–Crippen LogP) is 1.93. The Labute approximate surface area is 123 Å². The first-order chi connectivity index (χ1) is 9.90. The number of hydrogen-bond acceptors (Lipinski definition) is 4. The molecule has 0 heterocycles. The first-order valence-electron chi connectivity index (χ1n) is 6.42. The van der Waals surface area contributed by atoms with Crippen LogP contribution in [0.2, 0.25) is 0 Å². The molecule has 1 atom stereocenters. The summed E-state index contributed by atoms with van der Waals surface area (Å²) in [6.07, 6.45) is 0. The van der Waals surface area contributed by atoms with E-state index in [1.165, 1.54) is 14.2 Å². The van der Waals surface area contributed by atoms with Crippen LogP contribution in [0.25, 0.3) is 0 Å². The third kappa shape index (κ3) is 4.27. The molecule has 0 saturated heterocycles. The first-order valence-corrected chi connectivity index (χ1v) is 6.42. The minimum Gasteiger partial charge on any atom is -0.494 e. The maximum Gasteiger partial charge on any atom is 0.326 e. The van der Waals surface area contributed by atoms with Gasteiger partial charge in [0.2, 0.25) is 0 Å². The number of methoxy groups -OCH3 is 2. The van der Waals surface area contributed by atoms with E-state index in [0.717, 1.165) is 0 Å². The molecule has 0 spiro atoms. The van der Waals surface area contributed by atoms with Crippen LogP contribution < -0.4 is 20.1 Å². The first kappa shape index (κ1) is 16.6. The third-order valence-corrected chi connectivity index (χ3v) is 2.89. The molecule has 0 aliphatic carbocycles. The smallest absolute Gasteiger partial charge is 0.326 e. The van der Waals surface area contributed by atoms with Crippen molar-refractivity contribution in [2.75, 3.05) is 19.5 Å². The zero-order chi connectivity index (χ0) is 16.0. The number of carbonyl (C=O) groups is 2. The standard InChI is InChI=1S/C14H20N2O5/c1-8(2)11(13(17)18)15-14(19)16-12-9(20-3)6-5-7-10(12)21-4/h5-8,11H,1-4H3,(H,17,18)(H2,15,16,19). The number of para-hydroxylation sites is 1. The SMILES string of the molecule is COc1cccc(OC)c1NC(=O)NC(C(=O)O)C(C)C. The van der Waals surface area contributed by atoms with Gasteiger partial charge in [-0.05, 0) is 18.1 Å². The molecule has 0 bridgehead atoms. The van der Waals surface area contributed by atoms with Gasteiger partial charge in [-0.1, -0.05) is 19.9 Å². The summed E-state index contributed by atoms with van der Waals surface area (Å²) >= 11 is 0. The van der Waals surface area contributed by atoms with Crippen molar-refractivity contribution in [1.82, 2.24) is 5.32 Å². The fourth-order valence-electron chi connectivity index (χ4n) is 1.78. The van der Waals surface area contributed by atoms with Crippen LogP contribution in [0.15, 0.2) is 18.2 Å². The van der Waals surface area contributed by atoms with Gasteiger partial charge in [0.05, 0.1) is 14.2 Å². The molecule has 116 valence electrons. The van der Waals surface area contributed by atoms with Crippen LogP contribution in [-0.4, -0.2) is 37.4 Å². The fraction of sp³-hybridized carbons (Fsp3) is 0.429. The second-order valence-corrected chi connectivity index (χ2v) is 4.70. The van der Waals surface area contributed by atoms with Crippen molar-refractivity contribution in [3.05, 3.63) is 18.2 Å². The van der Waals surface area contributed by atoms with Gasteiger partial charge in [0.1, 0.15) is 23.2 Å². The summed E-state index contributed by atoms with van der Waals surface area (Å²) in [5.74, 6) is -0.498. The summed E-state index contributed by atoms with van der Waals surface area (Å²) in [4.78, 5) is 23.1. The predicted molar refractivity (Wildman–Crippen MR) is 78.0 cm³/mol. The van der Waals surface area contributed by atoms with Gasteiger partial charge < -0.3 is 25.2 Å². The summed E-state index contributed by atoms with van der Waals surface area (Å²) in [5, 5.41) is 14.0. The molecule has 7 heteroatoms. The Balaban J connectivity index is 2.90. The third-order valence-electron chi connectivity index (χ3n) is 2.89. The van der Waals surface area contributed by atoms with Crippen molar-refractivity contribution >= 4 is 17.7 Å². The van der Waals surface area contributed by atoms with E-state index in [9.17, 15) is 9.59 Å². The Morgan fingerprint density at radius 3 is 2.05 bits per heavy atom. The number of benzene rings is 1. The molecule has 3 N–H and O–H groups in total. The van der Waals surface area contributed by atoms with Crippen molar-refractivity contribution in [2.24, 2.45) is 5.92 Å². The molecule has 1 aromatic carbocycles. The van der Waals surface area contributed by atoms with Crippen LogP contribution >= 0.6 is 0 Å². The zero-order valence-corrected chi connectivity index (χ0v) is 12.5. The molecule has 1 aromatic rings. The normalized spacial score (nSPS) is 11.7. The lowest BCUT2D eigenvalue weighted by Gasteiger charge is -2.19. The summed E-state index contributed by atoms with van der Waals surface area (Å²) in [5.41, 5.74) is 0.341. The second kappa shape index (κ2) is 7.37. The average molecular weight is 296 g/mol. The quantitative estimate of drug-likeness (QED) is 0.745. The number of nitrogens with one attached hydrogen (secondary N) is 2. The number of amides is 2. The number of hydrogen-bond donors (Lipinski definition) is 3. The van der Waals surface area contributed by atoms with Crippen LogP contribution in [0.5, 0.6) is 11.5 Å². The van der Waals surface area contributed by atoms with Gasteiger partial charge in [0.15, 0.2) is 0 Å². The number of ether oxygens (including phenoxy) is 2. The highest BCUT2D eigenvalue weighted by Crippen LogP contribution is 2.33. The van der Waals surface area contributed by atoms with Gasteiger partial charge in [-0.25, -0.2) is 9.59 Å². The number of carbonyl (C=O) groups excluding carboxylic acids is 1. The Bertz CT molecular complexity index is 494. The van der Waals surface area contributed by atoms with Gasteiger partial charge in [0, 0.05) is 0 Å². The van der Waals surface area contributed by atoms with E-state index in [1.54, 1.807) is 32.0 Å². The Morgan fingerprint density at radius 2 is 1.67 bits per heavy atom. The van der Waals surface area contributed by atoms with E-state index in [4.69, 9.17) is 14.6 Å². The van der Waals surface area contributed by atoms with Crippen LogP contribution in [-0.2, 0) is 4.79 Å². The fourth-order valence-corrected chi connectivity index (χ4v) is 1.78. The highest BCUT2D eigenvalue weighted by molar-refractivity contribution is 5.95. The molecule has 0 saturated carbocycles. The molecular weight excluding hydrogens is 276 g/mol. The van der Waals surface area contributed by atoms with Crippen LogP contribution in [0.3, 0.4) is 0 Å². The molecule has 0 aromatic heterocycles. The average Bonchev–Trinajstić information content (AvgIpc) is 2.44. The highest BCUT2D eigenvalue weighted by Gasteiger charge is 2.24. The van der Waals surface area contributed by atoms with E-state index in [1.807, 2.05) is 0 Å². The summed E-state index contributed by atoms with van der Waals surface area (Å²) in [6.45, 7) is 3.42. The Kier molecular flexibility index (Phi) is 5.83. The molecular formula is C14H20N2O5. The maximum atomic E-state index is 12.0. The van der Waals surface area contributed by atoms with Crippen molar-refractivity contribution in [2.45, 2.75) is 19.9 Å². The maximum absolute atomic E-state index is 12.0. The lowest BCUT2D eigenvalue weighted by molar-refractivity contribution is -0.140. The minimum atomic E-state index is -1.09. The lowest BCUT2D eigenvalue weighted by atomic mass is 10.1. The number of aliphatic carboxylic acids is 1. The van der Waals surface area contributed by atoms with Crippen LogP contribution in [0.4, 0.5) is 10.5 Å². The summed E-state index contributed by atoms with van der Waals surface area (Å²) < 4.78 is 10.3. The largest absolute Gasteiger partial charge is 0.494 e. The molecule has 0 aliphatic heterocycles. The second-order valence-electron chi connectivity index (χ2n) is 4.70. The topological polar surface area (TPSA) is 96.9 Å². The molecule has 21 heavy (non-hydrogen) atoms. The number of anilines is 1. The molecule has 7 nitrogen and oxygen atoms in total. The molecule has 0 radical (unpaired) electrons. The molecule has 0 fully saturated rings. The number of carboxylic acid groups (broad SMARTS) is 1. The molecule has 0 aliphatic rings. The van der Waals surface area contributed by atoms with Crippen LogP contribution in [0, 0.1) is 5.92 Å². The van der Waals surface area contributed by atoms with Crippen molar-refractivity contribution in [3.8, 4) is 11.5 Å². The number of carboxylic acids is 1. The Morgan fingerprint density at radius 1 is 1.14 bits per heavy atom. The van der Waals surface area contributed by atoms with Crippen molar-refractivity contribution in [3.63, 3.8) is 0 Å². The minimum absolute atomic E-state index is 0.243. The Hall–Kier alpha value is -2.44. The van der Waals surface area contributed by atoms with Gasteiger partial charge in [0.25, 0.3) is 0 Å². The van der Waals surface area contributed by atoms with E-state index in [-0.39, 0.29) is 5.92 Å². The number of rotatable bonds is 6. The zero-order valence-electron chi connectivity index (χ0n) is 12.5. The number of urea groups is 1. The van der Waals surface area contributed by atoms with E-state index in [2.05, 4.69) is 10.6 Å². The summed E-state index contributed by atoms with van der Waals surface area (Å²) in [6, 6.07) is 3.42. The molecule has 1 rings (SSSR count). The van der Waals surface area contributed by atoms with Gasteiger partial charge in [-0.2, -0.15) is 0 Å². The van der Waals surface area contributed by atoms with Crippen LogP contribution in [0.1, 0.15) is 13.8 Å². The van der Waals surface area contributed by atoms with Crippen molar-refractivity contribution in [1.29, 1.82) is 0 Å². The monoisotopic (exact) mass is 296 g/mol. The van der Waals surface area contributed by atoms with E-state index < -0.39 is 18.0 Å². The highest BCUT2D eigenvalue weighted by atomic mass is 16.5. The molecule has 1 unspecified atom stereocenters. The van der Waals surface area contributed by atoms with Gasteiger partial charge >= 0.3 is 12.0 Å². The van der Waals surface area contributed by atoms with E-state index in [0.29, 0.717) is 17.2 Å².